The van der Waals surface area contributed by atoms with Crippen LogP contribution in [0.25, 0.3) is 0 Å². The van der Waals surface area contributed by atoms with Gasteiger partial charge in [0.15, 0.2) is 0 Å². The van der Waals surface area contributed by atoms with Crippen molar-refractivity contribution in [2.24, 2.45) is 0 Å². The van der Waals surface area contributed by atoms with Crippen LogP contribution in [0, 0.1) is 11.3 Å². The molecule has 3 rings (SSSR count). The average molecular weight is 274 g/mol. The SMILES string of the molecule is COc1cc(C2(O)CC3COCC(C2)N3)ccc1C#N. The number of nitriles is 1. The molecule has 2 fully saturated rings. The van der Waals surface area contributed by atoms with E-state index in [-0.39, 0.29) is 12.1 Å². The molecule has 5 nitrogen and oxygen atoms in total. The number of aliphatic hydroxyl groups is 1. The first-order valence-electron chi connectivity index (χ1n) is 6.79. The Kier molecular flexibility index (Phi) is 3.38. The molecular weight excluding hydrogens is 256 g/mol. The highest BCUT2D eigenvalue weighted by molar-refractivity contribution is 5.46. The molecule has 2 aliphatic heterocycles. The van der Waals surface area contributed by atoms with Gasteiger partial charge >= 0.3 is 0 Å². The van der Waals surface area contributed by atoms with Gasteiger partial charge in [-0.1, -0.05) is 6.07 Å². The molecule has 106 valence electrons. The summed E-state index contributed by atoms with van der Waals surface area (Å²) in [7, 11) is 1.54. The van der Waals surface area contributed by atoms with Crippen LogP contribution < -0.4 is 10.1 Å². The van der Waals surface area contributed by atoms with E-state index in [2.05, 4.69) is 11.4 Å². The Hall–Kier alpha value is -1.61. The van der Waals surface area contributed by atoms with Crippen molar-refractivity contribution in [2.75, 3.05) is 20.3 Å². The summed E-state index contributed by atoms with van der Waals surface area (Å²) in [6, 6.07) is 7.75. The summed E-state index contributed by atoms with van der Waals surface area (Å²) >= 11 is 0. The number of nitrogens with one attached hydrogen (secondary N) is 1. The van der Waals surface area contributed by atoms with E-state index >= 15 is 0 Å². The van der Waals surface area contributed by atoms with Crippen LogP contribution in [0.5, 0.6) is 5.75 Å². The minimum atomic E-state index is -0.883. The second-order valence-corrected chi connectivity index (χ2v) is 5.56. The van der Waals surface area contributed by atoms with Crippen LogP contribution in [0.2, 0.25) is 0 Å². The average Bonchev–Trinajstić information content (AvgIpc) is 2.46. The van der Waals surface area contributed by atoms with Crippen molar-refractivity contribution in [1.29, 1.82) is 5.26 Å². The maximum Gasteiger partial charge on any atom is 0.136 e. The lowest BCUT2D eigenvalue weighted by Crippen LogP contribution is -2.58. The fourth-order valence-electron chi connectivity index (χ4n) is 3.23. The predicted octanol–water partition coefficient (Wildman–Crippen LogP) is 0.905. The van der Waals surface area contributed by atoms with E-state index < -0.39 is 5.60 Å². The molecule has 2 unspecified atom stereocenters. The molecule has 2 saturated heterocycles. The Bertz CT molecular complexity index is 541. The van der Waals surface area contributed by atoms with Crippen LogP contribution in [0.1, 0.15) is 24.0 Å². The lowest BCUT2D eigenvalue weighted by atomic mass is 9.78. The summed E-state index contributed by atoms with van der Waals surface area (Å²) in [6.45, 7) is 1.26. The third kappa shape index (κ3) is 2.27. The van der Waals surface area contributed by atoms with Gasteiger partial charge in [0.05, 0.1) is 31.5 Å². The van der Waals surface area contributed by atoms with Crippen LogP contribution in [0.15, 0.2) is 18.2 Å². The van der Waals surface area contributed by atoms with Crippen molar-refractivity contribution in [1.82, 2.24) is 5.32 Å². The number of benzene rings is 1. The maximum atomic E-state index is 11.0. The first-order valence-corrected chi connectivity index (χ1v) is 6.79. The van der Waals surface area contributed by atoms with E-state index in [0.29, 0.717) is 37.4 Å². The molecule has 0 aromatic heterocycles. The van der Waals surface area contributed by atoms with Crippen LogP contribution in [0.3, 0.4) is 0 Å². The zero-order valence-electron chi connectivity index (χ0n) is 11.4. The largest absolute Gasteiger partial charge is 0.495 e. The monoisotopic (exact) mass is 274 g/mol. The molecule has 5 heteroatoms. The number of piperidine rings is 1. The van der Waals surface area contributed by atoms with Crippen molar-refractivity contribution < 1.29 is 14.6 Å². The third-order valence-corrected chi connectivity index (χ3v) is 4.14. The predicted molar refractivity (Wildman–Crippen MR) is 72.4 cm³/mol. The van der Waals surface area contributed by atoms with Crippen LogP contribution >= 0.6 is 0 Å². The zero-order valence-corrected chi connectivity index (χ0v) is 11.4. The van der Waals surface area contributed by atoms with Crippen molar-refractivity contribution in [3.8, 4) is 11.8 Å². The molecule has 2 N–H and O–H groups in total. The zero-order chi connectivity index (χ0) is 14.2. The van der Waals surface area contributed by atoms with E-state index in [1.807, 2.05) is 6.07 Å². The normalized spacial score (nSPS) is 32.5. The standard InChI is InChI=1S/C15H18N2O3/c1-19-14-4-11(3-2-10(14)7-16)15(18)5-12-8-20-9-13(6-15)17-12/h2-4,12-13,17-18H,5-6,8-9H2,1H3. The molecule has 2 bridgehead atoms. The van der Waals surface area contributed by atoms with Crippen molar-refractivity contribution >= 4 is 0 Å². The van der Waals surface area contributed by atoms with E-state index in [1.165, 1.54) is 7.11 Å². The number of methoxy groups -OCH3 is 1. The molecule has 0 amide bonds. The Morgan fingerprint density at radius 1 is 1.40 bits per heavy atom. The third-order valence-electron chi connectivity index (χ3n) is 4.14. The van der Waals surface area contributed by atoms with Gasteiger partial charge in [0.2, 0.25) is 0 Å². The molecule has 0 radical (unpaired) electrons. The van der Waals surface area contributed by atoms with Gasteiger partial charge < -0.3 is 19.9 Å². The fraction of sp³-hybridized carbons (Fsp3) is 0.533. The molecule has 2 aliphatic rings. The van der Waals surface area contributed by atoms with E-state index in [4.69, 9.17) is 14.7 Å². The van der Waals surface area contributed by atoms with E-state index in [9.17, 15) is 5.11 Å². The van der Waals surface area contributed by atoms with Gasteiger partial charge in [-0.25, -0.2) is 0 Å². The molecule has 0 aliphatic carbocycles. The summed E-state index contributed by atoms with van der Waals surface area (Å²) in [6.07, 6.45) is 1.22. The summed E-state index contributed by atoms with van der Waals surface area (Å²) in [4.78, 5) is 0. The second-order valence-electron chi connectivity index (χ2n) is 5.56. The smallest absolute Gasteiger partial charge is 0.136 e. The highest BCUT2D eigenvalue weighted by atomic mass is 16.5. The molecular formula is C15H18N2O3. The number of hydrogen-bond donors (Lipinski definition) is 2. The number of rotatable bonds is 2. The Balaban J connectivity index is 1.93. The fourth-order valence-corrected chi connectivity index (χ4v) is 3.23. The van der Waals surface area contributed by atoms with Gasteiger partial charge in [0, 0.05) is 12.1 Å². The van der Waals surface area contributed by atoms with Crippen LogP contribution in [0.4, 0.5) is 0 Å². The van der Waals surface area contributed by atoms with Gasteiger partial charge in [0.25, 0.3) is 0 Å². The minimum absolute atomic E-state index is 0.175. The highest BCUT2D eigenvalue weighted by Crippen LogP contribution is 2.38. The van der Waals surface area contributed by atoms with Gasteiger partial charge in [-0.05, 0) is 30.5 Å². The number of nitrogens with zero attached hydrogens (tertiary/aromatic N) is 1. The molecule has 2 atom stereocenters. The Morgan fingerprint density at radius 3 is 2.70 bits per heavy atom. The summed E-state index contributed by atoms with van der Waals surface area (Å²) in [5.74, 6) is 0.512. The summed E-state index contributed by atoms with van der Waals surface area (Å²) in [5.41, 5.74) is 0.412. The lowest BCUT2D eigenvalue weighted by molar-refractivity contribution is -0.0803. The quantitative estimate of drug-likeness (QED) is 0.838. The number of hydrogen-bond acceptors (Lipinski definition) is 5. The molecule has 1 aromatic rings. The van der Waals surface area contributed by atoms with Crippen LogP contribution in [-0.2, 0) is 10.3 Å². The lowest BCUT2D eigenvalue weighted by Gasteiger charge is -2.45. The second kappa shape index (κ2) is 5.06. The van der Waals surface area contributed by atoms with Crippen LogP contribution in [-0.4, -0.2) is 37.5 Å². The van der Waals surface area contributed by atoms with Crippen molar-refractivity contribution in [3.63, 3.8) is 0 Å². The van der Waals surface area contributed by atoms with Gasteiger partial charge in [-0.2, -0.15) is 5.26 Å². The Morgan fingerprint density at radius 2 is 2.10 bits per heavy atom. The van der Waals surface area contributed by atoms with E-state index in [0.717, 1.165) is 5.56 Å². The highest BCUT2D eigenvalue weighted by Gasteiger charge is 2.42. The number of ether oxygens (including phenoxy) is 2. The van der Waals surface area contributed by atoms with Gasteiger partial charge in [-0.3, -0.25) is 0 Å². The molecule has 20 heavy (non-hydrogen) atoms. The number of fused-ring (bicyclic) bond motifs is 2. The Labute approximate surface area is 118 Å². The maximum absolute atomic E-state index is 11.0. The molecule has 0 spiro atoms. The van der Waals surface area contributed by atoms with E-state index in [1.54, 1.807) is 12.1 Å². The molecule has 1 aromatic carbocycles. The molecule has 0 saturated carbocycles. The summed E-state index contributed by atoms with van der Waals surface area (Å²) < 4.78 is 10.7. The van der Waals surface area contributed by atoms with Crippen molar-refractivity contribution in [3.05, 3.63) is 29.3 Å². The first kappa shape index (κ1) is 13.4. The number of morpholine rings is 1. The topological polar surface area (TPSA) is 74.5 Å². The van der Waals surface area contributed by atoms with Gasteiger partial charge in [-0.15, -0.1) is 0 Å². The molecule has 2 heterocycles. The minimum Gasteiger partial charge on any atom is -0.495 e. The van der Waals surface area contributed by atoms with Gasteiger partial charge in [0.1, 0.15) is 11.8 Å². The first-order chi connectivity index (χ1) is 9.64. The summed E-state index contributed by atoms with van der Waals surface area (Å²) in [5, 5.41) is 23.5. The van der Waals surface area contributed by atoms with Crippen molar-refractivity contribution in [2.45, 2.75) is 30.5 Å².